The zero-order valence-corrected chi connectivity index (χ0v) is 13.8. The summed E-state index contributed by atoms with van der Waals surface area (Å²) >= 11 is 7.48. The van der Waals surface area contributed by atoms with Gasteiger partial charge in [-0.15, -0.1) is 11.3 Å². The van der Waals surface area contributed by atoms with E-state index in [1.165, 1.54) is 11.3 Å². The summed E-state index contributed by atoms with van der Waals surface area (Å²) in [6, 6.07) is 7.76. The maximum Gasteiger partial charge on any atom is 0.234 e. The molecule has 1 atom stereocenters. The molecule has 1 saturated heterocycles. The number of carbonyl (C=O) groups is 1. The van der Waals surface area contributed by atoms with Crippen LogP contribution in [0.5, 0.6) is 0 Å². The normalized spacial score (nSPS) is 21.0. The van der Waals surface area contributed by atoms with E-state index < -0.39 is 5.41 Å². The smallest absolute Gasteiger partial charge is 0.234 e. The number of anilines is 1. The lowest BCUT2D eigenvalue weighted by Crippen LogP contribution is -2.33. The molecule has 0 bridgehead atoms. The summed E-state index contributed by atoms with van der Waals surface area (Å²) in [5, 5.41) is 4.27. The van der Waals surface area contributed by atoms with Gasteiger partial charge in [0.2, 0.25) is 5.91 Å². The van der Waals surface area contributed by atoms with Gasteiger partial charge >= 0.3 is 0 Å². The van der Waals surface area contributed by atoms with Gasteiger partial charge in [0.1, 0.15) is 0 Å². The molecule has 0 aliphatic carbocycles. The molecule has 1 N–H and O–H groups in total. The number of amides is 1. The molecule has 116 valence electrons. The molecule has 1 amide bonds. The van der Waals surface area contributed by atoms with Gasteiger partial charge in [-0.2, -0.15) is 0 Å². The fourth-order valence-electron chi connectivity index (χ4n) is 2.39. The highest BCUT2D eigenvalue weighted by molar-refractivity contribution is 7.15. The third-order valence-electron chi connectivity index (χ3n) is 3.81. The lowest BCUT2D eigenvalue weighted by atomic mass is 9.89. The Bertz CT molecular complexity index is 680. The second-order valence-electron chi connectivity index (χ2n) is 5.76. The van der Waals surface area contributed by atoms with Crippen LogP contribution in [0.3, 0.4) is 0 Å². The van der Waals surface area contributed by atoms with E-state index in [9.17, 15) is 4.79 Å². The van der Waals surface area contributed by atoms with Gasteiger partial charge in [-0.25, -0.2) is 4.98 Å². The van der Waals surface area contributed by atoms with Crippen LogP contribution in [-0.2, 0) is 16.0 Å². The van der Waals surface area contributed by atoms with E-state index >= 15 is 0 Å². The summed E-state index contributed by atoms with van der Waals surface area (Å²) in [5.41, 5.74) is 0.684. The van der Waals surface area contributed by atoms with E-state index in [2.05, 4.69) is 10.3 Å². The van der Waals surface area contributed by atoms with Crippen molar-refractivity contribution in [3.8, 4) is 0 Å². The zero-order valence-electron chi connectivity index (χ0n) is 12.3. The molecule has 0 radical (unpaired) electrons. The largest absolute Gasteiger partial charge is 0.380 e. The summed E-state index contributed by atoms with van der Waals surface area (Å²) in [6.45, 7) is 3.04. The molecule has 2 heterocycles. The molecule has 3 rings (SSSR count). The minimum Gasteiger partial charge on any atom is -0.380 e. The molecule has 0 spiro atoms. The van der Waals surface area contributed by atoms with Crippen molar-refractivity contribution in [3.05, 3.63) is 45.9 Å². The monoisotopic (exact) mass is 336 g/mol. The van der Waals surface area contributed by atoms with Crippen molar-refractivity contribution in [1.29, 1.82) is 0 Å². The van der Waals surface area contributed by atoms with Gasteiger partial charge in [-0.1, -0.05) is 23.7 Å². The second-order valence-corrected chi connectivity index (χ2v) is 7.31. The molecule has 6 heteroatoms. The number of carbonyl (C=O) groups excluding carboxylic acids is 1. The highest BCUT2D eigenvalue weighted by atomic mass is 35.5. The van der Waals surface area contributed by atoms with Gasteiger partial charge in [0, 0.05) is 29.1 Å². The van der Waals surface area contributed by atoms with Crippen molar-refractivity contribution in [2.24, 2.45) is 5.41 Å². The van der Waals surface area contributed by atoms with Crippen LogP contribution in [0.25, 0.3) is 0 Å². The Morgan fingerprint density at radius 3 is 3.14 bits per heavy atom. The van der Waals surface area contributed by atoms with Crippen molar-refractivity contribution in [2.45, 2.75) is 19.8 Å². The first-order chi connectivity index (χ1) is 10.5. The first-order valence-corrected chi connectivity index (χ1v) is 8.33. The summed E-state index contributed by atoms with van der Waals surface area (Å²) in [7, 11) is 0. The predicted molar refractivity (Wildman–Crippen MR) is 88.5 cm³/mol. The van der Waals surface area contributed by atoms with Crippen LogP contribution < -0.4 is 5.32 Å². The van der Waals surface area contributed by atoms with E-state index in [1.807, 2.05) is 31.2 Å². The van der Waals surface area contributed by atoms with Gasteiger partial charge in [0.15, 0.2) is 5.13 Å². The molecule has 22 heavy (non-hydrogen) atoms. The van der Waals surface area contributed by atoms with E-state index in [0.717, 1.165) is 28.3 Å². The Balaban J connectivity index is 1.65. The first kappa shape index (κ1) is 15.5. The lowest BCUT2D eigenvalue weighted by molar-refractivity contribution is -0.124. The van der Waals surface area contributed by atoms with E-state index in [4.69, 9.17) is 16.3 Å². The molecule has 1 aromatic carbocycles. The molecule has 4 nitrogen and oxygen atoms in total. The number of hydrogen-bond donors (Lipinski definition) is 1. The SMILES string of the molecule is C[C@@]1(C(=O)Nc2ncc(Cc3cccc(Cl)c3)s2)CCOC1. The zero-order chi connectivity index (χ0) is 15.6. The van der Waals surface area contributed by atoms with Crippen LogP contribution in [0.15, 0.2) is 30.5 Å². The van der Waals surface area contributed by atoms with Gasteiger partial charge in [0.25, 0.3) is 0 Å². The van der Waals surface area contributed by atoms with Gasteiger partial charge in [-0.05, 0) is 31.0 Å². The molecular weight excluding hydrogens is 320 g/mol. The van der Waals surface area contributed by atoms with Crippen LogP contribution >= 0.6 is 22.9 Å². The first-order valence-electron chi connectivity index (χ1n) is 7.13. The molecular formula is C16H17ClN2O2S. The third kappa shape index (κ3) is 3.48. The molecule has 1 aliphatic rings. The van der Waals surface area contributed by atoms with Gasteiger partial charge in [0.05, 0.1) is 12.0 Å². The number of aromatic nitrogens is 1. The minimum atomic E-state index is -0.446. The van der Waals surface area contributed by atoms with Crippen LogP contribution in [0.4, 0.5) is 5.13 Å². The maximum atomic E-state index is 12.3. The van der Waals surface area contributed by atoms with Crippen molar-refractivity contribution < 1.29 is 9.53 Å². The number of ether oxygens (including phenoxy) is 1. The highest BCUT2D eigenvalue weighted by Crippen LogP contribution is 2.30. The fourth-order valence-corrected chi connectivity index (χ4v) is 3.44. The number of hydrogen-bond acceptors (Lipinski definition) is 4. The quantitative estimate of drug-likeness (QED) is 0.925. The van der Waals surface area contributed by atoms with Gasteiger partial charge in [-0.3, -0.25) is 4.79 Å². The molecule has 1 fully saturated rings. The van der Waals surface area contributed by atoms with Crippen LogP contribution in [0.2, 0.25) is 5.02 Å². The fraction of sp³-hybridized carbons (Fsp3) is 0.375. The van der Waals surface area contributed by atoms with Crippen LogP contribution in [-0.4, -0.2) is 24.1 Å². The number of benzene rings is 1. The average Bonchev–Trinajstić information content (AvgIpc) is 3.09. The van der Waals surface area contributed by atoms with E-state index in [0.29, 0.717) is 18.3 Å². The molecule has 1 aromatic heterocycles. The summed E-state index contributed by atoms with van der Waals surface area (Å²) in [4.78, 5) is 17.7. The van der Waals surface area contributed by atoms with Crippen LogP contribution in [0.1, 0.15) is 23.8 Å². The van der Waals surface area contributed by atoms with Gasteiger partial charge < -0.3 is 10.1 Å². The van der Waals surface area contributed by atoms with Crippen molar-refractivity contribution in [2.75, 3.05) is 18.5 Å². The lowest BCUT2D eigenvalue weighted by Gasteiger charge is -2.19. The molecule has 0 unspecified atom stereocenters. The van der Waals surface area contributed by atoms with Crippen molar-refractivity contribution in [3.63, 3.8) is 0 Å². The third-order valence-corrected chi connectivity index (χ3v) is 4.96. The Morgan fingerprint density at radius 2 is 2.41 bits per heavy atom. The van der Waals surface area contributed by atoms with Crippen LogP contribution in [0, 0.1) is 5.41 Å². The average molecular weight is 337 g/mol. The molecule has 2 aromatic rings. The van der Waals surface area contributed by atoms with E-state index in [-0.39, 0.29) is 5.91 Å². The second kappa shape index (κ2) is 6.36. The molecule has 0 saturated carbocycles. The number of nitrogens with zero attached hydrogens (tertiary/aromatic N) is 1. The predicted octanol–water partition coefficient (Wildman–Crippen LogP) is 3.75. The Hall–Kier alpha value is -1.43. The maximum absolute atomic E-state index is 12.3. The Morgan fingerprint density at radius 1 is 1.55 bits per heavy atom. The van der Waals surface area contributed by atoms with Crippen molar-refractivity contribution in [1.82, 2.24) is 4.98 Å². The Labute approximate surface area is 138 Å². The number of nitrogens with one attached hydrogen (secondary N) is 1. The summed E-state index contributed by atoms with van der Waals surface area (Å²) in [6.07, 6.45) is 3.31. The molecule has 1 aliphatic heterocycles. The number of rotatable bonds is 4. The number of halogens is 1. The Kier molecular flexibility index (Phi) is 4.47. The highest BCUT2D eigenvalue weighted by Gasteiger charge is 2.37. The van der Waals surface area contributed by atoms with Crippen molar-refractivity contribution >= 4 is 34.0 Å². The summed E-state index contributed by atoms with van der Waals surface area (Å²) < 4.78 is 5.32. The minimum absolute atomic E-state index is 0.0198. The summed E-state index contributed by atoms with van der Waals surface area (Å²) in [5.74, 6) is -0.0198. The number of thiazole rings is 1. The van der Waals surface area contributed by atoms with E-state index in [1.54, 1.807) is 6.20 Å². The topological polar surface area (TPSA) is 51.2 Å². The standard InChI is InChI=1S/C16H17ClN2O2S/c1-16(5-6-21-10-16)14(20)19-15-18-9-13(22-15)8-11-3-2-4-12(17)7-11/h2-4,7,9H,5-6,8,10H2,1H3,(H,18,19,20)/t16-/m1/s1.